The van der Waals surface area contributed by atoms with Crippen LogP contribution in [-0.4, -0.2) is 39.6 Å². The molecule has 0 saturated carbocycles. The number of rotatable bonds is 7. The first-order valence-corrected chi connectivity index (χ1v) is 12.3. The molecule has 0 spiro atoms. The summed E-state index contributed by atoms with van der Waals surface area (Å²) in [5, 5.41) is 4.46. The number of amides is 4. The molecule has 0 aliphatic carbocycles. The number of benzene rings is 2. The summed E-state index contributed by atoms with van der Waals surface area (Å²) in [7, 11) is 0. The number of aromatic amines is 1. The third kappa shape index (κ3) is 5.20. The molecule has 1 aromatic heterocycles. The fourth-order valence-corrected chi connectivity index (χ4v) is 4.82. The van der Waals surface area contributed by atoms with Gasteiger partial charge in [0.1, 0.15) is 6.04 Å². The van der Waals surface area contributed by atoms with Gasteiger partial charge in [0.2, 0.25) is 11.8 Å². The van der Waals surface area contributed by atoms with Gasteiger partial charge in [0.25, 0.3) is 17.4 Å². The van der Waals surface area contributed by atoms with E-state index in [1.807, 2.05) is 0 Å². The van der Waals surface area contributed by atoms with Gasteiger partial charge in [-0.2, -0.15) is 8.78 Å². The van der Waals surface area contributed by atoms with Crippen molar-refractivity contribution in [3.63, 3.8) is 0 Å². The average molecular weight is 535 g/mol. The molecule has 11 heteroatoms. The second-order valence-electron chi connectivity index (χ2n) is 9.55. The summed E-state index contributed by atoms with van der Waals surface area (Å²) < 4.78 is 30.1. The fourth-order valence-electron chi connectivity index (χ4n) is 4.82. The maximum atomic E-state index is 15.0. The van der Waals surface area contributed by atoms with Gasteiger partial charge in [0, 0.05) is 48.8 Å². The average Bonchev–Trinajstić information content (AvgIpc) is 3.24. The number of hydrogen-bond donors (Lipinski definition) is 3. The molecule has 1 saturated heterocycles. The van der Waals surface area contributed by atoms with Gasteiger partial charge in [-0.25, -0.2) is 0 Å². The smallest absolute Gasteiger partial charge is 0.346 e. The van der Waals surface area contributed by atoms with E-state index in [4.69, 9.17) is 0 Å². The Morgan fingerprint density at radius 3 is 2.54 bits per heavy atom. The molecule has 3 aromatic rings. The fraction of sp³-hybridized carbons (Fsp3) is 0.250. The number of halogens is 2. The van der Waals surface area contributed by atoms with Crippen molar-refractivity contribution in [1.29, 1.82) is 0 Å². The maximum Gasteiger partial charge on any atom is 0.351 e. The maximum absolute atomic E-state index is 15.0. The van der Waals surface area contributed by atoms with Gasteiger partial charge in [-0.15, -0.1) is 0 Å². The van der Waals surface area contributed by atoms with Gasteiger partial charge < -0.3 is 15.2 Å². The van der Waals surface area contributed by atoms with Crippen LogP contribution in [-0.2, 0) is 39.8 Å². The highest BCUT2D eigenvalue weighted by Gasteiger charge is 2.42. The molecule has 2 aliphatic rings. The van der Waals surface area contributed by atoms with Crippen LogP contribution in [0.25, 0.3) is 0 Å². The summed E-state index contributed by atoms with van der Waals surface area (Å²) in [6.45, 7) is -0.103. The van der Waals surface area contributed by atoms with Crippen molar-refractivity contribution in [2.45, 2.75) is 44.3 Å². The number of pyridine rings is 1. The molecule has 4 amide bonds. The third-order valence-corrected chi connectivity index (χ3v) is 6.91. The van der Waals surface area contributed by atoms with E-state index in [9.17, 15) is 24.0 Å². The Balaban J connectivity index is 1.26. The summed E-state index contributed by atoms with van der Waals surface area (Å²) in [5.41, 5.74) is 1.17. The minimum Gasteiger partial charge on any atom is -0.346 e. The molecule has 1 unspecified atom stereocenters. The SMILES string of the molecule is O=C1CCC(N2Cc3cc(CNC(=O)C(F)(F)c4c[nH]c(=O)c(Cc5ccccc5)c4)ccc3C2=O)C(=O)N1. The number of piperidine rings is 1. The predicted octanol–water partition coefficient (Wildman–Crippen LogP) is 2.13. The summed E-state index contributed by atoms with van der Waals surface area (Å²) in [6, 6.07) is 13.8. The largest absolute Gasteiger partial charge is 0.351 e. The topological polar surface area (TPSA) is 128 Å². The molecule has 5 rings (SSSR count). The van der Waals surface area contributed by atoms with Gasteiger partial charge >= 0.3 is 5.92 Å². The molecule has 9 nitrogen and oxygen atoms in total. The van der Waals surface area contributed by atoms with E-state index >= 15 is 8.78 Å². The molecule has 1 fully saturated rings. The van der Waals surface area contributed by atoms with Gasteiger partial charge in [0.05, 0.1) is 0 Å². The Hall–Kier alpha value is -4.67. The first-order valence-electron chi connectivity index (χ1n) is 12.3. The van der Waals surface area contributed by atoms with Gasteiger partial charge in [-0.1, -0.05) is 42.5 Å². The lowest BCUT2D eigenvalue weighted by atomic mass is 10.0. The van der Waals surface area contributed by atoms with E-state index in [1.165, 1.54) is 11.0 Å². The molecule has 3 N–H and O–H groups in total. The van der Waals surface area contributed by atoms with E-state index in [2.05, 4.69) is 15.6 Å². The van der Waals surface area contributed by atoms with Crippen molar-refractivity contribution in [3.8, 4) is 0 Å². The zero-order valence-electron chi connectivity index (χ0n) is 20.6. The Kier molecular flexibility index (Phi) is 6.81. The molecule has 39 heavy (non-hydrogen) atoms. The normalized spacial score (nSPS) is 17.1. The lowest BCUT2D eigenvalue weighted by Gasteiger charge is -2.29. The van der Waals surface area contributed by atoms with E-state index in [0.717, 1.165) is 17.8 Å². The molecule has 0 radical (unpaired) electrons. The Labute approximate surface area is 221 Å². The predicted molar refractivity (Wildman–Crippen MR) is 135 cm³/mol. The molecular formula is C28H24F2N4O5. The summed E-state index contributed by atoms with van der Waals surface area (Å²) in [5.74, 6) is -6.72. The van der Waals surface area contributed by atoms with E-state index in [-0.39, 0.29) is 49.7 Å². The van der Waals surface area contributed by atoms with E-state index in [1.54, 1.807) is 42.5 Å². The van der Waals surface area contributed by atoms with Crippen LogP contribution in [0.1, 0.15) is 51.0 Å². The van der Waals surface area contributed by atoms with Crippen LogP contribution < -0.4 is 16.2 Å². The summed E-state index contributed by atoms with van der Waals surface area (Å²) in [4.78, 5) is 64.8. The first-order chi connectivity index (χ1) is 18.6. The van der Waals surface area contributed by atoms with Gasteiger partial charge in [-0.05, 0) is 35.2 Å². The number of alkyl halides is 2. The monoisotopic (exact) mass is 534 g/mol. The minimum absolute atomic E-state index is 0.107. The number of nitrogens with one attached hydrogen (secondary N) is 3. The van der Waals surface area contributed by atoms with Crippen LogP contribution in [0.15, 0.2) is 65.6 Å². The lowest BCUT2D eigenvalue weighted by Crippen LogP contribution is -2.52. The summed E-state index contributed by atoms with van der Waals surface area (Å²) >= 11 is 0. The van der Waals surface area contributed by atoms with Crippen molar-refractivity contribution in [3.05, 3.63) is 105 Å². The molecular weight excluding hydrogens is 510 g/mol. The first kappa shape index (κ1) is 26.0. The lowest BCUT2D eigenvalue weighted by molar-refractivity contribution is -0.147. The minimum atomic E-state index is -3.91. The van der Waals surface area contributed by atoms with Crippen LogP contribution in [0.4, 0.5) is 8.78 Å². The molecule has 0 bridgehead atoms. The highest BCUT2D eigenvalue weighted by Crippen LogP contribution is 2.30. The molecule has 200 valence electrons. The third-order valence-electron chi connectivity index (χ3n) is 6.91. The molecule has 2 aliphatic heterocycles. The van der Waals surface area contributed by atoms with Gasteiger partial charge in [0.15, 0.2) is 0 Å². The second-order valence-corrected chi connectivity index (χ2v) is 9.55. The van der Waals surface area contributed by atoms with Crippen molar-refractivity contribution >= 4 is 23.6 Å². The number of fused-ring (bicyclic) bond motifs is 1. The Morgan fingerprint density at radius 1 is 1.03 bits per heavy atom. The summed E-state index contributed by atoms with van der Waals surface area (Å²) in [6.07, 6.45) is 1.32. The molecule has 3 heterocycles. The zero-order chi connectivity index (χ0) is 27.7. The molecule has 1 atom stereocenters. The highest BCUT2D eigenvalue weighted by atomic mass is 19.3. The van der Waals surface area contributed by atoms with Crippen molar-refractivity contribution in [1.82, 2.24) is 20.5 Å². The number of carbonyl (C=O) groups excluding carboxylic acids is 4. The van der Waals surface area contributed by atoms with Gasteiger partial charge in [-0.3, -0.25) is 29.3 Å². The van der Waals surface area contributed by atoms with Crippen LogP contribution in [0, 0.1) is 0 Å². The molecule has 2 aromatic carbocycles. The van der Waals surface area contributed by atoms with Crippen LogP contribution in [0.5, 0.6) is 0 Å². The van der Waals surface area contributed by atoms with Crippen molar-refractivity contribution < 1.29 is 28.0 Å². The van der Waals surface area contributed by atoms with Crippen LogP contribution in [0.3, 0.4) is 0 Å². The standard InChI is InChI=1S/C28H24F2N4O5/c29-28(30,20-12-18(24(36)31-14-20)10-16-4-2-1-3-5-16)27(39)32-13-17-6-7-21-19(11-17)15-34(26(21)38)22-8-9-23(35)33-25(22)37/h1-7,11-12,14,22H,8-10,13,15H2,(H,31,36)(H,32,39)(H,33,35,37). The number of carbonyl (C=O) groups is 4. The number of aromatic nitrogens is 1. The second kappa shape index (κ2) is 10.2. The Bertz CT molecular complexity index is 1540. The van der Waals surface area contributed by atoms with Crippen LogP contribution in [0.2, 0.25) is 0 Å². The number of H-pyrrole nitrogens is 1. The number of hydrogen-bond acceptors (Lipinski definition) is 5. The number of imide groups is 1. The highest BCUT2D eigenvalue weighted by molar-refractivity contribution is 6.05. The van der Waals surface area contributed by atoms with Crippen molar-refractivity contribution in [2.24, 2.45) is 0 Å². The number of nitrogens with zero attached hydrogens (tertiary/aromatic N) is 1. The van der Waals surface area contributed by atoms with Crippen molar-refractivity contribution in [2.75, 3.05) is 0 Å². The zero-order valence-corrected chi connectivity index (χ0v) is 20.6. The Morgan fingerprint density at radius 2 is 1.79 bits per heavy atom. The van der Waals surface area contributed by atoms with E-state index < -0.39 is 34.9 Å². The quantitative estimate of drug-likeness (QED) is 0.400. The van der Waals surface area contributed by atoms with Crippen LogP contribution >= 0.6 is 0 Å². The van der Waals surface area contributed by atoms with E-state index in [0.29, 0.717) is 16.7 Å².